The number of nitrogens with zero attached hydrogens (tertiary/aromatic N) is 2. The van der Waals surface area contributed by atoms with Crippen LogP contribution in [0.3, 0.4) is 0 Å². The first kappa shape index (κ1) is 20.7. The number of rotatable bonds is 6. The van der Waals surface area contributed by atoms with E-state index in [0.717, 1.165) is 5.69 Å². The molecule has 4 rings (SSSR count). The summed E-state index contributed by atoms with van der Waals surface area (Å²) < 4.78 is 5.69. The minimum Gasteiger partial charge on any atom is -0.492 e. The van der Waals surface area contributed by atoms with Crippen molar-refractivity contribution >= 4 is 40.4 Å². The number of carbonyl (C=O) groups excluding carboxylic acids is 2. The lowest BCUT2D eigenvalue weighted by molar-refractivity contribution is -0.120. The van der Waals surface area contributed by atoms with Crippen LogP contribution in [0.1, 0.15) is 12.5 Å². The van der Waals surface area contributed by atoms with Crippen molar-refractivity contribution in [3.8, 4) is 5.75 Å². The fourth-order valence-electron chi connectivity index (χ4n) is 3.63. The maximum Gasteiger partial charge on any atom is 0.282 e. The van der Waals surface area contributed by atoms with Gasteiger partial charge in [0.15, 0.2) is 0 Å². The van der Waals surface area contributed by atoms with Crippen LogP contribution in [0.15, 0.2) is 84.6 Å². The highest BCUT2D eigenvalue weighted by molar-refractivity contribution is 6.46. The Morgan fingerprint density at radius 1 is 0.871 bits per heavy atom. The molecule has 0 fully saturated rings. The molecule has 1 aliphatic rings. The van der Waals surface area contributed by atoms with Gasteiger partial charge in [-0.3, -0.25) is 9.59 Å². The first-order valence-corrected chi connectivity index (χ1v) is 10.3. The topological polar surface area (TPSA) is 49.9 Å². The van der Waals surface area contributed by atoms with Gasteiger partial charge in [-0.2, -0.15) is 0 Å². The van der Waals surface area contributed by atoms with Crippen LogP contribution in [-0.4, -0.2) is 25.5 Å². The standard InChI is InChI=1S/C25H21ClN2O3/c1-3-31-21-12-8-7-11-20(21)28-24(29)22(17-13-15-18(26)16-14-17)23(25(28)30)27(2)19-9-5-4-6-10-19/h4-16H,3H2,1-2H3. The zero-order valence-corrected chi connectivity index (χ0v) is 18.0. The van der Waals surface area contributed by atoms with Gasteiger partial charge in [-0.1, -0.05) is 54.1 Å². The van der Waals surface area contributed by atoms with E-state index in [4.69, 9.17) is 16.3 Å². The van der Waals surface area contributed by atoms with Gasteiger partial charge in [0.2, 0.25) is 0 Å². The summed E-state index contributed by atoms with van der Waals surface area (Å²) >= 11 is 6.05. The van der Waals surface area contributed by atoms with E-state index in [2.05, 4.69) is 0 Å². The van der Waals surface area contributed by atoms with Crippen LogP contribution in [0.25, 0.3) is 5.57 Å². The molecule has 156 valence electrons. The molecule has 1 aliphatic heterocycles. The van der Waals surface area contributed by atoms with Gasteiger partial charge in [-0.25, -0.2) is 4.90 Å². The lowest BCUT2D eigenvalue weighted by atomic mass is 10.0. The zero-order chi connectivity index (χ0) is 22.0. The SMILES string of the molecule is CCOc1ccccc1N1C(=O)C(c2ccc(Cl)cc2)=C(N(C)c2ccccc2)C1=O. The van der Waals surface area contributed by atoms with Crippen molar-refractivity contribution < 1.29 is 14.3 Å². The van der Waals surface area contributed by atoms with Crippen LogP contribution < -0.4 is 14.5 Å². The smallest absolute Gasteiger partial charge is 0.282 e. The van der Waals surface area contributed by atoms with Crippen molar-refractivity contribution in [2.45, 2.75) is 6.92 Å². The van der Waals surface area contributed by atoms with Crippen LogP contribution in [0.5, 0.6) is 5.75 Å². The van der Waals surface area contributed by atoms with Crippen LogP contribution in [-0.2, 0) is 9.59 Å². The molecule has 0 saturated carbocycles. The minimum absolute atomic E-state index is 0.296. The van der Waals surface area contributed by atoms with Gasteiger partial charge in [0.25, 0.3) is 11.8 Å². The van der Waals surface area contributed by atoms with Gasteiger partial charge in [0.05, 0.1) is 17.9 Å². The first-order chi connectivity index (χ1) is 15.0. The van der Waals surface area contributed by atoms with Gasteiger partial charge in [0, 0.05) is 17.8 Å². The Morgan fingerprint density at radius 2 is 1.52 bits per heavy atom. The number of para-hydroxylation sites is 3. The Kier molecular flexibility index (Phi) is 5.78. The van der Waals surface area contributed by atoms with Crippen LogP contribution in [0, 0.1) is 0 Å². The van der Waals surface area contributed by atoms with Gasteiger partial charge in [-0.05, 0) is 48.9 Å². The molecule has 0 spiro atoms. The maximum atomic E-state index is 13.7. The summed E-state index contributed by atoms with van der Waals surface area (Å²) in [5, 5.41) is 0.553. The summed E-state index contributed by atoms with van der Waals surface area (Å²) in [6, 6.07) is 23.4. The Bertz CT molecular complexity index is 1160. The highest BCUT2D eigenvalue weighted by Gasteiger charge is 2.43. The van der Waals surface area contributed by atoms with Gasteiger partial charge < -0.3 is 9.64 Å². The predicted octanol–water partition coefficient (Wildman–Crippen LogP) is 5.16. The van der Waals surface area contributed by atoms with Crippen molar-refractivity contribution in [1.29, 1.82) is 0 Å². The molecule has 31 heavy (non-hydrogen) atoms. The Balaban J connectivity index is 1.88. The molecule has 5 nitrogen and oxygen atoms in total. The van der Waals surface area contributed by atoms with E-state index < -0.39 is 11.8 Å². The van der Waals surface area contributed by atoms with E-state index in [0.29, 0.717) is 39.9 Å². The van der Waals surface area contributed by atoms with Crippen LogP contribution >= 0.6 is 11.6 Å². The lowest BCUT2D eigenvalue weighted by Gasteiger charge is -2.22. The zero-order valence-electron chi connectivity index (χ0n) is 17.2. The molecule has 0 saturated heterocycles. The molecule has 6 heteroatoms. The second-order valence-corrected chi connectivity index (χ2v) is 7.41. The minimum atomic E-state index is -0.409. The quantitative estimate of drug-likeness (QED) is 0.505. The molecule has 1 heterocycles. The van der Waals surface area contributed by atoms with E-state index in [1.807, 2.05) is 43.3 Å². The summed E-state index contributed by atoms with van der Waals surface area (Å²) in [7, 11) is 1.78. The number of ether oxygens (including phenoxy) is 1. The number of carbonyl (C=O) groups is 2. The fraction of sp³-hybridized carbons (Fsp3) is 0.120. The number of anilines is 2. The summed E-state index contributed by atoms with van der Waals surface area (Å²) in [6.45, 7) is 2.28. The van der Waals surface area contributed by atoms with Gasteiger partial charge in [-0.15, -0.1) is 0 Å². The lowest BCUT2D eigenvalue weighted by Crippen LogP contribution is -2.34. The fourth-order valence-corrected chi connectivity index (χ4v) is 3.75. The first-order valence-electron chi connectivity index (χ1n) is 9.92. The third-order valence-electron chi connectivity index (χ3n) is 5.08. The van der Waals surface area contributed by atoms with Crippen molar-refractivity contribution in [2.24, 2.45) is 0 Å². The second kappa shape index (κ2) is 8.66. The Hall–Kier alpha value is -3.57. The molecule has 0 unspecified atom stereocenters. The Morgan fingerprint density at radius 3 is 2.19 bits per heavy atom. The molecule has 0 aliphatic carbocycles. The van der Waals surface area contributed by atoms with Crippen molar-refractivity contribution in [1.82, 2.24) is 0 Å². The third kappa shape index (κ3) is 3.80. The number of hydrogen-bond donors (Lipinski definition) is 0. The predicted molar refractivity (Wildman–Crippen MR) is 123 cm³/mol. The number of imide groups is 1. The normalized spacial score (nSPS) is 13.7. The summed E-state index contributed by atoms with van der Waals surface area (Å²) in [5.41, 5.74) is 2.45. The molecule has 0 bridgehead atoms. The van der Waals surface area contributed by atoms with Gasteiger partial charge in [0.1, 0.15) is 11.4 Å². The maximum absolute atomic E-state index is 13.7. The number of amides is 2. The average molecular weight is 433 g/mol. The highest BCUT2D eigenvalue weighted by atomic mass is 35.5. The molecule has 3 aromatic rings. The number of likely N-dealkylation sites (N-methyl/N-ethyl adjacent to an activating group) is 1. The largest absolute Gasteiger partial charge is 0.492 e. The van der Waals surface area contributed by atoms with Gasteiger partial charge >= 0.3 is 0 Å². The molecule has 0 atom stereocenters. The van der Waals surface area contributed by atoms with Crippen LogP contribution in [0.2, 0.25) is 5.02 Å². The molecular formula is C25H21ClN2O3. The summed E-state index contributed by atoms with van der Waals surface area (Å²) in [4.78, 5) is 30.2. The van der Waals surface area contributed by atoms with Crippen LogP contribution in [0.4, 0.5) is 11.4 Å². The highest BCUT2D eigenvalue weighted by Crippen LogP contribution is 2.39. The summed E-state index contributed by atoms with van der Waals surface area (Å²) in [6.07, 6.45) is 0. The average Bonchev–Trinajstić information content (AvgIpc) is 3.05. The van der Waals surface area contributed by atoms with E-state index in [9.17, 15) is 9.59 Å². The monoisotopic (exact) mass is 432 g/mol. The molecule has 2 amide bonds. The number of halogens is 1. The third-order valence-corrected chi connectivity index (χ3v) is 5.33. The van der Waals surface area contributed by atoms with E-state index >= 15 is 0 Å². The molecule has 0 radical (unpaired) electrons. The second-order valence-electron chi connectivity index (χ2n) is 6.97. The molecule has 0 N–H and O–H groups in total. The summed E-state index contributed by atoms with van der Waals surface area (Å²) in [5.74, 6) is -0.337. The van der Waals surface area contributed by atoms with Crippen molar-refractivity contribution in [2.75, 3.05) is 23.5 Å². The number of hydrogen-bond acceptors (Lipinski definition) is 4. The molecule has 0 aromatic heterocycles. The Labute approximate surface area is 186 Å². The van der Waals surface area contributed by atoms with E-state index in [1.54, 1.807) is 54.4 Å². The van der Waals surface area contributed by atoms with E-state index in [1.165, 1.54) is 4.90 Å². The van der Waals surface area contributed by atoms with Crippen molar-refractivity contribution in [3.05, 3.63) is 95.1 Å². The number of benzene rings is 3. The molecular weight excluding hydrogens is 412 g/mol. The van der Waals surface area contributed by atoms with Crippen molar-refractivity contribution in [3.63, 3.8) is 0 Å². The molecule has 3 aromatic carbocycles. The van der Waals surface area contributed by atoms with E-state index in [-0.39, 0.29) is 0 Å².